The molecule has 4 heteroatoms. The quantitative estimate of drug-likeness (QED) is 0.620. The van der Waals surface area contributed by atoms with E-state index < -0.39 is 0 Å². The molecule has 0 fully saturated rings. The highest BCUT2D eigenvalue weighted by molar-refractivity contribution is 9.10. The summed E-state index contributed by atoms with van der Waals surface area (Å²) in [5.41, 5.74) is 3.55. The van der Waals surface area contributed by atoms with E-state index in [1.807, 2.05) is 0 Å². The average molecular weight is 336 g/mol. The van der Waals surface area contributed by atoms with E-state index in [9.17, 15) is 0 Å². The highest BCUT2D eigenvalue weighted by Gasteiger charge is 2.03. The molecule has 90 valence electrons. The van der Waals surface area contributed by atoms with Crippen molar-refractivity contribution in [3.8, 4) is 10.4 Å². The molecule has 0 aliphatic rings. The van der Waals surface area contributed by atoms with Gasteiger partial charge in [-0.25, -0.2) is 0 Å². The van der Waals surface area contributed by atoms with Crippen molar-refractivity contribution in [3.05, 3.63) is 57.0 Å². The van der Waals surface area contributed by atoms with Gasteiger partial charge < -0.3 is 5.32 Å². The number of rotatable bonds is 3. The van der Waals surface area contributed by atoms with Crippen molar-refractivity contribution in [2.75, 3.05) is 5.32 Å². The molecule has 1 N–H and O–H groups in total. The molecule has 0 saturated carbocycles. The highest BCUT2D eigenvalue weighted by atomic mass is 79.9. The largest absolute Gasteiger partial charge is 0.354 e. The standard InChI is InChI=1S/C14H10BrNS2/c15-11-3-1-10(2-4-11)14-7-13(9-18-14)16-12-5-6-17-8-12/h1-9,16H. The van der Waals surface area contributed by atoms with Crippen molar-refractivity contribution in [1.82, 2.24) is 0 Å². The second kappa shape index (κ2) is 5.26. The van der Waals surface area contributed by atoms with Gasteiger partial charge in [-0.05, 0) is 35.2 Å². The molecule has 1 nitrogen and oxygen atoms in total. The van der Waals surface area contributed by atoms with Gasteiger partial charge >= 0.3 is 0 Å². The van der Waals surface area contributed by atoms with Crippen LogP contribution in [-0.2, 0) is 0 Å². The van der Waals surface area contributed by atoms with Gasteiger partial charge in [0.1, 0.15) is 0 Å². The van der Waals surface area contributed by atoms with Gasteiger partial charge in [0.25, 0.3) is 0 Å². The fourth-order valence-corrected chi connectivity index (χ4v) is 3.37. The fourth-order valence-electron chi connectivity index (χ4n) is 1.67. The van der Waals surface area contributed by atoms with Gasteiger partial charge in [-0.3, -0.25) is 0 Å². The fraction of sp³-hybridized carbons (Fsp3) is 0. The van der Waals surface area contributed by atoms with Crippen LogP contribution in [0.2, 0.25) is 0 Å². The zero-order chi connectivity index (χ0) is 12.4. The summed E-state index contributed by atoms with van der Waals surface area (Å²) < 4.78 is 1.11. The van der Waals surface area contributed by atoms with Gasteiger partial charge in [-0.1, -0.05) is 28.1 Å². The van der Waals surface area contributed by atoms with Gasteiger partial charge in [0.05, 0.1) is 0 Å². The Bertz CT molecular complexity index is 626. The summed E-state index contributed by atoms with van der Waals surface area (Å²) in [7, 11) is 0. The number of thiophene rings is 2. The predicted molar refractivity (Wildman–Crippen MR) is 85.1 cm³/mol. The Morgan fingerprint density at radius 2 is 1.78 bits per heavy atom. The van der Waals surface area contributed by atoms with Gasteiger partial charge in [-0.2, -0.15) is 11.3 Å². The van der Waals surface area contributed by atoms with Crippen LogP contribution >= 0.6 is 38.6 Å². The molecule has 0 aliphatic carbocycles. The third-order valence-electron chi connectivity index (χ3n) is 2.54. The molecule has 0 amide bonds. The van der Waals surface area contributed by atoms with Crippen LogP contribution in [0.1, 0.15) is 0 Å². The molecule has 2 aromatic heterocycles. The number of nitrogens with one attached hydrogen (secondary N) is 1. The van der Waals surface area contributed by atoms with Crippen molar-refractivity contribution in [2.24, 2.45) is 0 Å². The molecule has 1 aromatic carbocycles. The van der Waals surface area contributed by atoms with Crippen molar-refractivity contribution in [3.63, 3.8) is 0 Å². The maximum Gasteiger partial charge on any atom is 0.0499 e. The summed E-state index contributed by atoms with van der Waals surface area (Å²) in [6.45, 7) is 0. The third kappa shape index (κ3) is 2.66. The summed E-state index contributed by atoms with van der Waals surface area (Å²) in [5, 5.41) is 9.73. The third-order valence-corrected chi connectivity index (χ3v) is 4.73. The molecule has 0 bridgehead atoms. The van der Waals surface area contributed by atoms with Gasteiger partial charge in [0.15, 0.2) is 0 Å². The Labute approximate surface area is 122 Å². The first kappa shape index (κ1) is 12.0. The second-order valence-corrected chi connectivity index (χ2v) is 6.45. The number of anilines is 2. The molecule has 0 spiro atoms. The van der Waals surface area contributed by atoms with E-state index >= 15 is 0 Å². The number of hydrogen-bond donors (Lipinski definition) is 1. The van der Waals surface area contributed by atoms with Crippen LogP contribution in [-0.4, -0.2) is 0 Å². The molecule has 3 aromatic rings. The number of halogens is 1. The van der Waals surface area contributed by atoms with Crippen LogP contribution in [0, 0.1) is 0 Å². The predicted octanol–water partition coefficient (Wildman–Crippen LogP) is 5.98. The first-order valence-corrected chi connectivity index (χ1v) is 8.06. The Kier molecular flexibility index (Phi) is 3.50. The summed E-state index contributed by atoms with van der Waals surface area (Å²) >= 11 is 6.91. The Balaban J connectivity index is 1.83. The van der Waals surface area contributed by atoms with E-state index in [4.69, 9.17) is 0 Å². The number of benzene rings is 1. The van der Waals surface area contributed by atoms with E-state index in [0.29, 0.717) is 0 Å². The highest BCUT2D eigenvalue weighted by Crippen LogP contribution is 2.32. The molecule has 3 rings (SSSR count). The first-order chi connectivity index (χ1) is 8.81. The lowest BCUT2D eigenvalue weighted by Gasteiger charge is -1.99. The molecule has 0 radical (unpaired) electrons. The molecule has 0 saturated heterocycles. The van der Waals surface area contributed by atoms with Crippen LogP contribution in [0.25, 0.3) is 10.4 Å². The molecule has 2 heterocycles. The minimum absolute atomic E-state index is 1.11. The van der Waals surface area contributed by atoms with Crippen molar-refractivity contribution < 1.29 is 0 Å². The first-order valence-electron chi connectivity index (χ1n) is 5.45. The minimum atomic E-state index is 1.11. The van der Waals surface area contributed by atoms with E-state index in [-0.39, 0.29) is 0 Å². The van der Waals surface area contributed by atoms with Crippen LogP contribution < -0.4 is 5.32 Å². The van der Waals surface area contributed by atoms with Crippen LogP contribution in [0.5, 0.6) is 0 Å². The molecular formula is C14H10BrNS2. The lowest BCUT2D eigenvalue weighted by molar-refractivity contribution is 1.63. The normalized spacial score (nSPS) is 10.5. The molecular weight excluding hydrogens is 326 g/mol. The molecule has 0 atom stereocenters. The molecule has 18 heavy (non-hydrogen) atoms. The zero-order valence-electron chi connectivity index (χ0n) is 9.39. The number of hydrogen-bond acceptors (Lipinski definition) is 3. The summed E-state index contributed by atoms with van der Waals surface area (Å²) in [6.07, 6.45) is 0. The van der Waals surface area contributed by atoms with Gasteiger partial charge in [0.2, 0.25) is 0 Å². The van der Waals surface area contributed by atoms with Gasteiger partial charge in [-0.15, -0.1) is 11.3 Å². The van der Waals surface area contributed by atoms with Crippen molar-refractivity contribution in [2.45, 2.75) is 0 Å². The Morgan fingerprint density at radius 3 is 2.50 bits per heavy atom. The van der Waals surface area contributed by atoms with Crippen molar-refractivity contribution in [1.29, 1.82) is 0 Å². The van der Waals surface area contributed by atoms with Crippen LogP contribution in [0.15, 0.2) is 57.0 Å². The second-order valence-electron chi connectivity index (χ2n) is 3.84. The van der Waals surface area contributed by atoms with Crippen LogP contribution in [0.3, 0.4) is 0 Å². The van der Waals surface area contributed by atoms with E-state index in [2.05, 4.69) is 73.8 Å². The maximum atomic E-state index is 3.46. The SMILES string of the molecule is Brc1ccc(-c2cc(Nc3ccsc3)cs2)cc1. The van der Waals surface area contributed by atoms with Crippen molar-refractivity contribution >= 4 is 50.0 Å². The van der Waals surface area contributed by atoms with Crippen LogP contribution in [0.4, 0.5) is 11.4 Å². The average Bonchev–Trinajstić information content (AvgIpc) is 3.02. The van der Waals surface area contributed by atoms with Gasteiger partial charge in [0, 0.05) is 31.5 Å². The maximum absolute atomic E-state index is 3.46. The van der Waals surface area contributed by atoms with E-state index in [1.165, 1.54) is 10.4 Å². The molecule has 0 unspecified atom stereocenters. The minimum Gasteiger partial charge on any atom is -0.354 e. The summed E-state index contributed by atoms with van der Waals surface area (Å²) in [4.78, 5) is 1.28. The topological polar surface area (TPSA) is 12.0 Å². The monoisotopic (exact) mass is 335 g/mol. The van der Waals surface area contributed by atoms with E-state index in [1.54, 1.807) is 22.7 Å². The Morgan fingerprint density at radius 1 is 0.944 bits per heavy atom. The Hall–Kier alpha value is -1.10. The molecule has 0 aliphatic heterocycles. The lowest BCUT2D eigenvalue weighted by atomic mass is 10.2. The summed E-state index contributed by atoms with van der Waals surface area (Å²) in [6, 6.07) is 12.7. The smallest absolute Gasteiger partial charge is 0.0499 e. The zero-order valence-corrected chi connectivity index (χ0v) is 12.6. The van der Waals surface area contributed by atoms with E-state index in [0.717, 1.165) is 15.8 Å². The summed E-state index contributed by atoms with van der Waals surface area (Å²) in [5.74, 6) is 0. The lowest BCUT2D eigenvalue weighted by Crippen LogP contribution is -1.83.